The number of oxime groups is 1. The van der Waals surface area contributed by atoms with Crippen molar-refractivity contribution < 1.29 is 9.94 Å². The fraction of sp³-hybridized carbons (Fsp3) is 0.267. The smallest absolute Gasteiger partial charge is 0.265 e. The highest BCUT2D eigenvalue weighted by Crippen LogP contribution is 2.36. The van der Waals surface area contributed by atoms with Gasteiger partial charge >= 0.3 is 0 Å². The molecule has 5 aromatic rings. The van der Waals surface area contributed by atoms with Gasteiger partial charge in [-0.25, -0.2) is 9.97 Å². The van der Waals surface area contributed by atoms with Crippen LogP contribution in [0.25, 0.3) is 27.6 Å². The number of aromatic nitrogens is 4. The number of nitrogens with one attached hydrogen (secondary N) is 1. The average Bonchev–Trinajstić information content (AvgIpc) is 3.56. The van der Waals surface area contributed by atoms with Crippen LogP contribution in [0.5, 0.6) is 0 Å². The molecule has 6 rings (SSSR count). The number of aliphatic hydroxyl groups is 1. The molecule has 0 saturated carbocycles. The molecule has 10 heteroatoms. The van der Waals surface area contributed by atoms with Gasteiger partial charge in [-0.05, 0) is 74.4 Å². The van der Waals surface area contributed by atoms with Crippen LogP contribution < -0.4 is 5.56 Å². The lowest BCUT2D eigenvalue weighted by Gasteiger charge is -2.18. The number of fused-ring (bicyclic) bond motifs is 2. The lowest BCUT2D eigenvalue weighted by molar-refractivity contribution is -0.0135. The summed E-state index contributed by atoms with van der Waals surface area (Å²) in [4.78, 5) is 32.6. The molecule has 0 radical (unpaired) electrons. The first-order chi connectivity index (χ1) is 19.3. The topological polar surface area (TPSA) is 105 Å². The van der Waals surface area contributed by atoms with E-state index in [1.54, 1.807) is 28.8 Å². The van der Waals surface area contributed by atoms with Crippen molar-refractivity contribution >= 4 is 50.8 Å². The van der Waals surface area contributed by atoms with Gasteiger partial charge in [0.2, 0.25) is 0 Å². The number of hydrogen-bond donors (Lipinski definition) is 2. The van der Waals surface area contributed by atoms with Crippen LogP contribution in [-0.2, 0) is 16.9 Å². The van der Waals surface area contributed by atoms with Crippen molar-refractivity contribution in [1.82, 2.24) is 19.5 Å². The third-order valence-electron chi connectivity index (χ3n) is 7.22. The monoisotopic (exact) mass is 575 g/mol. The van der Waals surface area contributed by atoms with E-state index in [2.05, 4.69) is 10.1 Å². The van der Waals surface area contributed by atoms with Crippen LogP contribution in [-0.4, -0.2) is 36.9 Å². The maximum Gasteiger partial charge on any atom is 0.265 e. The number of hydrogen-bond acceptors (Lipinski definition) is 6. The number of halogens is 2. The minimum atomic E-state index is -0.779. The first kappa shape index (κ1) is 26.5. The fourth-order valence-corrected chi connectivity index (χ4v) is 5.36. The molecule has 8 nitrogen and oxygen atoms in total. The molecule has 1 atom stereocenters. The Morgan fingerprint density at radius 3 is 2.58 bits per heavy atom. The van der Waals surface area contributed by atoms with Gasteiger partial charge in [0.25, 0.3) is 5.56 Å². The molecular formula is C30H27Cl2N5O3. The van der Waals surface area contributed by atoms with Crippen molar-refractivity contribution in [2.45, 2.75) is 44.6 Å². The summed E-state index contributed by atoms with van der Waals surface area (Å²) in [7, 11) is 0. The quantitative estimate of drug-likeness (QED) is 0.211. The van der Waals surface area contributed by atoms with Crippen LogP contribution >= 0.6 is 23.2 Å². The predicted molar refractivity (Wildman–Crippen MR) is 158 cm³/mol. The molecule has 0 aliphatic carbocycles. The lowest BCUT2D eigenvalue weighted by atomic mass is 9.95. The predicted octanol–water partition coefficient (Wildman–Crippen LogP) is 6.31. The van der Waals surface area contributed by atoms with E-state index in [0.29, 0.717) is 57.5 Å². The number of aromatic amines is 1. The molecule has 0 spiro atoms. The van der Waals surface area contributed by atoms with Gasteiger partial charge < -0.3 is 14.9 Å². The Morgan fingerprint density at radius 2 is 1.77 bits per heavy atom. The number of aryl methyl sites for hydroxylation is 1. The third-order valence-corrected chi connectivity index (χ3v) is 7.71. The second-order valence-corrected chi connectivity index (χ2v) is 11.1. The Kier molecular flexibility index (Phi) is 7.08. The van der Waals surface area contributed by atoms with E-state index in [0.717, 1.165) is 35.2 Å². The Balaban J connectivity index is 1.34. The zero-order valence-corrected chi connectivity index (χ0v) is 23.3. The molecule has 3 aromatic carbocycles. The van der Waals surface area contributed by atoms with E-state index in [1.165, 1.54) is 0 Å². The normalized spacial score (nSPS) is 16.9. The van der Waals surface area contributed by atoms with Crippen LogP contribution in [0.2, 0.25) is 10.0 Å². The molecule has 2 aromatic heterocycles. The first-order valence-corrected chi connectivity index (χ1v) is 13.9. The summed E-state index contributed by atoms with van der Waals surface area (Å²) in [5.41, 5.74) is 3.59. The molecule has 3 heterocycles. The fourth-order valence-electron chi connectivity index (χ4n) is 5.06. The van der Waals surface area contributed by atoms with Crippen LogP contribution in [0, 0.1) is 0 Å². The Bertz CT molecular complexity index is 1810. The standard InChI is InChI=1S/C30H27Cl2N5O3/c1-30(29-34-23-13-9-20(32)16-25(23)35-29)17-26(36-40-30)18-6-12-22-24(15-18)33-27(5-3-2-4-14-38)37(28(22)39)21-10-7-19(31)8-11-21/h6-13,15-16,38H,2-5,14,17H2,1H3,(H,34,35)/t30-/m1/s1. The maximum atomic E-state index is 13.7. The molecule has 1 aliphatic heterocycles. The van der Waals surface area contributed by atoms with Crippen molar-refractivity contribution in [1.29, 1.82) is 0 Å². The molecule has 0 fully saturated rings. The van der Waals surface area contributed by atoms with Gasteiger partial charge in [0.15, 0.2) is 11.4 Å². The molecular weight excluding hydrogens is 549 g/mol. The van der Waals surface area contributed by atoms with Gasteiger partial charge in [0.05, 0.1) is 33.3 Å². The molecule has 40 heavy (non-hydrogen) atoms. The van der Waals surface area contributed by atoms with Gasteiger partial charge in [-0.3, -0.25) is 9.36 Å². The molecule has 1 aliphatic rings. The number of unbranched alkanes of at least 4 members (excludes halogenated alkanes) is 2. The highest BCUT2D eigenvalue weighted by molar-refractivity contribution is 6.31. The summed E-state index contributed by atoms with van der Waals surface area (Å²) in [6.07, 6.45) is 3.43. The zero-order chi connectivity index (χ0) is 27.9. The minimum Gasteiger partial charge on any atom is -0.396 e. The van der Waals surface area contributed by atoms with Crippen molar-refractivity contribution in [3.8, 4) is 5.69 Å². The summed E-state index contributed by atoms with van der Waals surface area (Å²) < 4.78 is 1.65. The molecule has 0 amide bonds. The van der Waals surface area contributed by atoms with Gasteiger partial charge in [-0.15, -0.1) is 0 Å². The van der Waals surface area contributed by atoms with E-state index in [-0.39, 0.29) is 12.2 Å². The molecule has 2 N–H and O–H groups in total. The second-order valence-electron chi connectivity index (χ2n) is 10.2. The van der Waals surface area contributed by atoms with E-state index in [9.17, 15) is 9.90 Å². The van der Waals surface area contributed by atoms with E-state index >= 15 is 0 Å². The third kappa shape index (κ3) is 4.98. The zero-order valence-electron chi connectivity index (χ0n) is 21.8. The van der Waals surface area contributed by atoms with Gasteiger partial charge in [-0.1, -0.05) is 40.8 Å². The van der Waals surface area contributed by atoms with Gasteiger partial charge in [0.1, 0.15) is 5.82 Å². The first-order valence-electron chi connectivity index (χ1n) is 13.2. The molecule has 0 unspecified atom stereocenters. The van der Waals surface area contributed by atoms with Crippen LogP contribution in [0.4, 0.5) is 0 Å². The van der Waals surface area contributed by atoms with E-state index in [4.69, 9.17) is 38.0 Å². The average molecular weight is 576 g/mol. The summed E-state index contributed by atoms with van der Waals surface area (Å²) in [5.74, 6) is 1.32. The van der Waals surface area contributed by atoms with Crippen LogP contribution in [0.15, 0.2) is 70.6 Å². The number of rotatable bonds is 8. The Hall–Kier alpha value is -3.72. The largest absolute Gasteiger partial charge is 0.396 e. The molecule has 0 saturated heterocycles. The molecule has 0 bridgehead atoms. The van der Waals surface area contributed by atoms with Crippen molar-refractivity contribution in [2.75, 3.05) is 6.61 Å². The van der Waals surface area contributed by atoms with Gasteiger partial charge in [-0.2, -0.15) is 0 Å². The number of benzene rings is 3. The van der Waals surface area contributed by atoms with E-state index < -0.39 is 5.60 Å². The van der Waals surface area contributed by atoms with Crippen LogP contribution in [0.3, 0.4) is 0 Å². The highest BCUT2D eigenvalue weighted by Gasteiger charge is 2.39. The molecule has 204 valence electrons. The lowest BCUT2D eigenvalue weighted by Crippen LogP contribution is -2.25. The van der Waals surface area contributed by atoms with Crippen molar-refractivity contribution in [3.05, 3.63) is 98.3 Å². The number of nitrogens with zero attached hydrogens (tertiary/aromatic N) is 4. The summed E-state index contributed by atoms with van der Waals surface area (Å²) in [5, 5.41) is 15.3. The van der Waals surface area contributed by atoms with Crippen molar-refractivity contribution in [2.24, 2.45) is 5.16 Å². The maximum absolute atomic E-state index is 13.7. The summed E-state index contributed by atoms with van der Waals surface area (Å²) >= 11 is 12.2. The van der Waals surface area contributed by atoms with Crippen LogP contribution in [0.1, 0.15) is 49.8 Å². The number of aliphatic hydroxyl groups excluding tert-OH is 1. The Labute approximate surface area is 240 Å². The van der Waals surface area contributed by atoms with E-state index in [1.807, 2.05) is 43.3 Å². The number of H-pyrrole nitrogens is 1. The summed E-state index contributed by atoms with van der Waals surface area (Å²) in [6, 6.07) is 18.2. The summed E-state index contributed by atoms with van der Waals surface area (Å²) in [6.45, 7) is 2.08. The number of imidazole rings is 1. The van der Waals surface area contributed by atoms with Crippen molar-refractivity contribution in [3.63, 3.8) is 0 Å². The minimum absolute atomic E-state index is 0.142. The second kappa shape index (κ2) is 10.7. The SMILES string of the molecule is C[C@]1(c2nc3ccc(Cl)cc3[nH]2)CC(c2ccc3c(=O)n(-c4ccc(Cl)cc4)c(CCCCCO)nc3c2)=NO1. The Morgan fingerprint density at radius 1 is 0.975 bits per heavy atom. The highest BCUT2D eigenvalue weighted by atomic mass is 35.5. The van der Waals surface area contributed by atoms with Gasteiger partial charge in [0, 0.05) is 35.1 Å².